The van der Waals surface area contributed by atoms with Crippen LogP contribution in [0.3, 0.4) is 0 Å². The zero-order chi connectivity index (χ0) is 28.3. The zero-order valence-electron chi connectivity index (χ0n) is 22.2. The Morgan fingerprint density at radius 1 is 0.925 bits per heavy atom. The van der Waals surface area contributed by atoms with Crippen LogP contribution in [0.2, 0.25) is 0 Å². The second-order valence-corrected chi connectivity index (χ2v) is 11.0. The van der Waals surface area contributed by atoms with Gasteiger partial charge in [-0.15, -0.1) is 0 Å². The highest BCUT2D eigenvalue weighted by Gasteiger charge is 2.58. The number of esters is 3. The first kappa shape index (κ1) is 27.7. The van der Waals surface area contributed by atoms with E-state index in [-0.39, 0.29) is 17.4 Å². The van der Waals surface area contributed by atoms with Gasteiger partial charge in [-0.1, -0.05) is 38.5 Å². The van der Waals surface area contributed by atoms with Crippen LogP contribution in [-0.4, -0.2) is 40.2 Å². The summed E-state index contributed by atoms with van der Waals surface area (Å²) in [5.41, 5.74) is -4.07. The summed E-state index contributed by atoms with van der Waals surface area (Å²) in [6.45, 7) is -0.498. The molecule has 0 radical (unpaired) electrons. The molecule has 0 amide bonds. The van der Waals surface area contributed by atoms with Gasteiger partial charge in [0.25, 0.3) is 5.56 Å². The number of carbonyl (C=O) groups excluding carboxylic acids is 3. The largest absolute Gasteiger partial charge is 0.457 e. The summed E-state index contributed by atoms with van der Waals surface area (Å²) in [6, 6.07) is 2.93. The van der Waals surface area contributed by atoms with Crippen molar-refractivity contribution in [3.8, 4) is 6.07 Å². The number of rotatable bonds is 8. The molecule has 4 aliphatic rings. The first-order valence-electron chi connectivity index (χ1n) is 14.1. The van der Waals surface area contributed by atoms with Crippen LogP contribution in [0, 0.1) is 29.1 Å². The van der Waals surface area contributed by atoms with E-state index in [2.05, 4.69) is 4.98 Å². The molecule has 5 rings (SSSR count). The highest BCUT2D eigenvalue weighted by Crippen LogP contribution is 2.42. The normalized spacial score (nSPS) is 25.5. The van der Waals surface area contributed by atoms with E-state index in [1.165, 1.54) is 0 Å². The molecule has 2 atom stereocenters. The average Bonchev–Trinajstić information content (AvgIpc) is 3.76. The minimum Gasteiger partial charge on any atom is -0.457 e. The quantitative estimate of drug-likeness (QED) is 0.372. The molecule has 0 aromatic carbocycles. The molecule has 1 unspecified atom stereocenters. The summed E-state index contributed by atoms with van der Waals surface area (Å²) in [6.07, 6.45) is 8.40. The Kier molecular flexibility index (Phi) is 8.09. The second kappa shape index (κ2) is 11.7. The lowest BCUT2D eigenvalue weighted by molar-refractivity contribution is -0.171. The fourth-order valence-electron chi connectivity index (χ4n) is 6.09. The fourth-order valence-corrected chi connectivity index (χ4v) is 6.09. The minimum atomic E-state index is -2.37. The third-order valence-corrected chi connectivity index (χ3v) is 8.34. The van der Waals surface area contributed by atoms with Crippen molar-refractivity contribution in [2.24, 2.45) is 17.8 Å². The van der Waals surface area contributed by atoms with Gasteiger partial charge in [-0.3, -0.25) is 24.2 Å². The SMILES string of the molecule is N#C[C@@]1(n2ccc(=O)[nH]c2=O)OC(COC(=O)C2CCCC2)=C(OC(=O)C2CCCC2)C1OC(=O)C1CCCC1. The van der Waals surface area contributed by atoms with Crippen molar-refractivity contribution >= 4 is 17.9 Å². The number of aromatic amines is 1. The minimum absolute atomic E-state index is 0.207. The summed E-state index contributed by atoms with van der Waals surface area (Å²) in [4.78, 5) is 65.9. The molecule has 0 bridgehead atoms. The van der Waals surface area contributed by atoms with Crippen molar-refractivity contribution in [1.29, 1.82) is 5.26 Å². The Balaban J connectivity index is 1.54. The molecule has 1 N–H and O–H groups in total. The van der Waals surface area contributed by atoms with Gasteiger partial charge in [0.15, 0.2) is 18.1 Å². The maximum absolute atomic E-state index is 13.2. The molecule has 1 aliphatic heterocycles. The summed E-state index contributed by atoms with van der Waals surface area (Å²) >= 11 is 0. The lowest BCUT2D eigenvalue weighted by atomic mass is 10.1. The number of ether oxygens (including phenoxy) is 4. The van der Waals surface area contributed by atoms with Crippen molar-refractivity contribution < 1.29 is 33.3 Å². The molecular formula is C28H33N3O9. The van der Waals surface area contributed by atoms with Crippen LogP contribution < -0.4 is 11.2 Å². The van der Waals surface area contributed by atoms with Crippen molar-refractivity contribution in [2.75, 3.05) is 6.61 Å². The Morgan fingerprint density at radius 2 is 1.48 bits per heavy atom. The van der Waals surface area contributed by atoms with Gasteiger partial charge in [-0.25, -0.2) is 9.36 Å². The number of H-pyrrole nitrogens is 1. The number of nitrogens with one attached hydrogen (secondary N) is 1. The van der Waals surface area contributed by atoms with Crippen LogP contribution in [0.1, 0.15) is 77.0 Å². The Hall–Kier alpha value is -3.88. The Bertz CT molecular complexity index is 1340. The van der Waals surface area contributed by atoms with E-state index in [1.807, 2.05) is 6.07 Å². The van der Waals surface area contributed by atoms with E-state index in [0.717, 1.165) is 55.4 Å². The van der Waals surface area contributed by atoms with Crippen molar-refractivity contribution in [3.05, 3.63) is 44.6 Å². The van der Waals surface area contributed by atoms with Gasteiger partial charge in [0, 0.05) is 12.3 Å². The number of carbonyl (C=O) groups is 3. The van der Waals surface area contributed by atoms with Crippen LogP contribution >= 0.6 is 0 Å². The van der Waals surface area contributed by atoms with Crippen molar-refractivity contribution in [3.63, 3.8) is 0 Å². The van der Waals surface area contributed by atoms with Crippen LogP contribution in [0.25, 0.3) is 0 Å². The van der Waals surface area contributed by atoms with Crippen molar-refractivity contribution in [1.82, 2.24) is 9.55 Å². The van der Waals surface area contributed by atoms with Gasteiger partial charge < -0.3 is 18.9 Å². The van der Waals surface area contributed by atoms with E-state index < -0.39 is 59.4 Å². The molecule has 3 aliphatic carbocycles. The van der Waals surface area contributed by atoms with Gasteiger partial charge in [-0.2, -0.15) is 5.26 Å². The molecule has 3 fully saturated rings. The maximum Gasteiger partial charge on any atom is 0.332 e. The molecule has 0 spiro atoms. The first-order chi connectivity index (χ1) is 19.3. The van der Waals surface area contributed by atoms with E-state index in [0.29, 0.717) is 38.5 Å². The lowest BCUT2D eigenvalue weighted by Gasteiger charge is -2.30. The highest BCUT2D eigenvalue weighted by atomic mass is 16.6. The highest BCUT2D eigenvalue weighted by molar-refractivity contribution is 5.76. The summed E-state index contributed by atoms with van der Waals surface area (Å²) in [5.74, 6) is -3.26. The molecule has 12 nitrogen and oxygen atoms in total. The molecular weight excluding hydrogens is 522 g/mol. The third-order valence-electron chi connectivity index (χ3n) is 8.34. The molecule has 1 aromatic rings. The number of nitrogens with zero attached hydrogens (tertiary/aromatic N) is 2. The van der Waals surface area contributed by atoms with E-state index in [4.69, 9.17) is 18.9 Å². The zero-order valence-corrected chi connectivity index (χ0v) is 22.2. The molecule has 214 valence electrons. The second-order valence-electron chi connectivity index (χ2n) is 11.0. The summed E-state index contributed by atoms with van der Waals surface area (Å²) in [5, 5.41) is 10.5. The smallest absolute Gasteiger partial charge is 0.332 e. The van der Waals surface area contributed by atoms with Crippen molar-refractivity contribution in [2.45, 2.75) is 88.9 Å². The summed E-state index contributed by atoms with van der Waals surface area (Å²) < 4.78 is 23.9. The molecule has 12 heteroatoms. The Morgan fingerprint density at radius 3 is 2.02 bits per heavy atom. The fraction of sp³-hybridized carbons (Fsp3) is 0.643. The van der Waals surface area contributed by atoms with Gasteiger partial charge >= 0.3 is 29.3 Å². The molecule has 1 aromatic heterocycles. The van der Waals surface area contributed by atoms with Gasteiger partial charge in [-0.05, 0) is 38.5 Å². The number of nitriles is 1. The molecule has 40 heavy (non-hydrogen) atoms. The van der Waals surface area contributed by atoms with Crippen LogP contribution in [0.5, 0.6) is 0 Å². The Labute approximate surface area is 230 Å². The van der Waals surface area contributed by atoms with Crippen LogP contribution in [0.4, 0.5) is 0 Å². The predicted molar refractivity (Wildman–Crippen MR) is 136 cm³/mol. The van der Waals surface area contributed by atoms with Crippen LogP contribution in [-0.2, 0) is 39.1 Å². The van der Waals surface area contributed by atoms with Gasteiger partial charge in [0.1, 0.15) is 6.07 Å². The van der Waals surface area contributed by atoms with Gasteiger partial charge in [0.05, 0.1) is 17.8 Å². The molecule has 0 saturated heterocycles. The summed E-state index contributed by atoms with van der Waals surface area (Å²) in [7, 11) is 0. The first-order valence-corrected chi connectivity index (χ1v) is 14.1. The number of hydrogen-bond acceptors (Lipinski definition) is 10. The van der Waals surface area contributed by atoms with E-state index in [9.17, 15) is 29.2 Å². The average molecular weight is 556 g/mol. The molecule has 3 saturated carbocycles. The standard InChI is InChI=1S/C28H33N3O9/c29-16-28(31-14-13-21(32)30-27(31)36)23(39-26(35)19-11-5-6-12-19)22(38-25(34)18-9-3-4-10-18)20(40-28)15-37-24(33)17-7-1-2-8-17/h13-14,17-19,23H,1-12,15H2,(H,30,32,36)/t23?,28-/m1/s1. The predicted octanol–water partition coefficient (Wildman–Crippen LogP) is 2.52. The van der Waals surface area contributed by atoms with E-state index in [1.54, 1.807) is 0 Å². The van der Waals surface area contributed by atoms with E-state index >= 15 is 0 Å². The number of aromatic nitrogens is 2. The van der Waals surface area contributed by atoms with Crippen LogP contribution in [0.15, 0.2) is 33.4 Å². The topological polar surface area (TPSA) is 167 Å². The third kappa shape index (κ3) is 5.42. The maximum atomic E-state index is 13.2. The van der Waals surface area contributed by atoms with Gasteiger partial charge in [0.2, 0.25) is 6.10 Å². The lowest BCUT2D eigenvalue weighted by Crippen LogP contribution is -2.52. The number of hydrogen-bond donors (Lipinski definition) is 1. The monoisotopic (exact) mass is 555 g/mol. The molecule has 2 heterocycles.